The number of ether oxygens (including phenoxy) is 5. The molecule has 9 rings (SSSR count). The SMILES string of the molecule is COc1ccc(C(OC[C@@]23CO[C@@H]([C@H](n4cc(C)c(NC(=O)c5ccccc5)nc4=O)O2)[C@@H]3OP(SCCc2ccccc2C(=O)S)N2CCCC2)(c2ccccc2)c2ccc(OC)cc2)cc1. The van der Waals surface area contributed by atoms with Crippen LogP contribution in [0.25, 0.3) is 0 Å². The maximum atomic E-state index is 14.2. The number of hydrogen-bond acceptors (Lipinski definition) is 12. The van der Waals surface area contributed by atoms with Crippen molar-refractivity contribution in [3.63, 3.8) is 0 Å². The van der Waals surface area contributed by atoms with Crippen LogP contribution in [0.2, 0.25) is 0 Å². The molecule has 2 bridgehead atoms. The molecule has 5 aromatic carbocycles. The Hall–Kier alpha value is -5.35. The van der Waals surface area contributed by atoms with E-state index in [1.807, 2.05) is 103 Å². The maximum Gasteiger partial charge on any atom is 0.351 e. The summed E-state index contributed by atoms with van der Waals surface area (Å²) in [5.74, 6) is 1.83. The van der Waals surface area contributed by atoms with Gasteiger partial charge in [0.1, 0.15) is 40.7 Å². The van der Waals surface area contributed by atoms with Gasteiger partial charge in [0.05, 0.1) is 27.4 Å². The largest absolute Gasteiger partial charge is 0.497 e. The van der Waals surface area contributed by atoms with Gasteiger partial charge in [-0.15, -0.1) is 12.6 Å². The number of aromatic nitrogens is 2. The third-order valence-electron chi connectivity index (χ3n) is 12.7. The Labute approximate surface area is 406 Å². The van der Waals surface area contributed by atoms with Gasteiger partial charge < -0.3 is 33.5 Å². The van der Waals surface area contributed by atoms with Crippen LogP contribution in [0.4, 0.5) is 5.82 Å². The number of anilines is 1. The number of thiol groups is 1. The fourth-order valence-electron chi connectivity index (χ4n) is 9.15. The molecule has 3 saturated heterocycles. The Morgan fingerprint density at radius 1 is 0.853 bits per heavy atom. The highest BCUT2D eigenvalue weighted by Crippen LogP contribution is 2.61. The zero-order chi connectivity index (χ0) is 47.3. The highest BCUT2D eigenvalue weighted by molar-refractivity contribution is 8.53. The number of fused-ring (bicyclic) bond motifs is 2. The Kier molecular flexibility index (Phi) is 14.8. The summed E-state index contributed by atoms with van der Waals surface area (Å²) in [6, 6.07) is 42.0. The first-order valence-corrected chi connectivity index (χ1v) is 25.8. The first-order valence-electron chi connectivity index (χ1n) is 22.5. The van der Waals surface area contributed by atoms with Crippen molar-refractivity contribution < 1.29 is 37.8 Å². The molecule has 0 spiro atoms. The van der Waals surface area contributed by atoms with Gasteiger partial charge in [0.2, 0.25) is 5.12 Å². The Bertz CT molecular complexity index is 2720. The second-order valence-electron chi connectivity index (χ2n) is 16.9. The van der Waals surface area contributed by atoms with E-state index in [9.17, 15) is 14.4 Å². The van der Waals surface area contributed by atoms with E-state index in [0.717, 1.165) is 48.2 Å². The molecule has 3 aliphatic rings. The number of aryl methyl sites for hydroxylation is 2. The topological polar surface area (TPSA) is 140 Å². The average molecular weight is 973 g/mol. The van der Waals surface area contributed by atoms with Gasteiger partial charge in [-0.3, -0.25) is 18.8 Å². The summed E-state index contributed by atoms with van der Waals surface area (Å²) in [7, 11) is 1.96. The summed E-state index contributed by atoms with van der Waals surface area (Å²) in [5, 5.41) is 2.54. The van der Waals surface area contributed by atoms with Crippen LogP contribution in [0.3, 0.4) is 0 Å². The average Bonchev–Trinajstić information content (AvgIpc) is 4.11. The Morgan fingerprint density at radius 3 is 2.09 bits per heavy atom. The molecule has 16 heteroatoms. The molecule has 3 aliphatic heterocycles. The molecule has 4 heterocycles. The normalized spacial score (nSPS) is 20.6. The van der Waals surface area contributed by atoms with Crippen LogP contribution in [0, 0.1) is 6.92 Å². The lowest BCUT2D eigenvalue weighted by Gasteiger charge is -2.40. The lowest BCUT2D eigenvalue weighted by atomic mass is 9.79. The number of benzene rings is 5. The fraction of sp³-hybridized carbons (Fsp3) is 0.308. The molecule has 13 nitrogen and oxygen atoms in total. The van der Waals surface area contributed by atoms with E-state index in [2.05, 4.69) is 27.6 Å². The van der Waals surface area contributed by atoms with Crippen molar-refractivity contribution >= 4 is 48.4 Å². The van der Waals surface area contributed by atoms with E-state index >= 15 is 0 Å². The van der Waals surface area contributed by atoms with Crippen LogP contribution in [0.5, 0.6) is 11.5 Å². The van der Waals surface area contributed by atoms with E-state index in [4.69, 9.17) is 28.2 Å². The van der Waals surface area contributed by atoms with Crippen molar-refractivity contribution in [2.24, 2.45) is 0 Å². The summed E-state index contributed by atoms with van der Waals surface area (Å²) < 4.78 is 43.9. The van der Waals surface area contributed by atoms with Crippen LogP contribution in [0.1, 0.15) is 67.6 Å². The number of hydrogen-bond donors (Lipinski definition) is 2. The highest BCUT2D eigenvalue weighted by atomic mass is 32.7. The molecular formula is C52H53N4O9PS2. The zero-order valence-electron chi connectivity index (χ0n) is 38.0. The summed E-state index contributed by atoms with van der Waals surface area (Å²) >= 11 is 5.86. The minimum atomic E-state index is -1.31. The number of carbonyl (C=O) groups is 2. The highest BCUT2D eigenvalue weighted by Gasteiger charge is 2.65. The smallest absolute Gasteiger partial charge is 0.351 e. The molecule has 3 fully saturated rings. The number of nitrogens with one attached hydrogen (secondary N) is 1. The van der Waals surface area contributed by atoms with Gasteiger partial charge in [0.25, 0.3) is 5.91 Å². The zero-order valence-corrected chi connectivity index (χ0v) is 40.6. The molecular weight excluding hydrogens is 920 g/mol. The summed E-state index contributed by atoms with van der Waals surface area (Å²) in [5.41, 5.74) is 2.01. The minimum Gasteiger partial charge on any atom is -0.497 e. The molecule has 0 saturated carbocycles. The third kappa shape index (κ3) is 9.77. The van der Waals surface area contributed by atoms with Crippen molar-refractivity contribution in [2.45, 2.75) is 55.8 Å². The summed E-state index contributed by atoms with van der Waals surface area (Å²) in [6.07, 6.45) is 1.95. The molecule has 1 amide bonds. The van der Waals surface area contributed by atoms with Crippen molar-refractivity contribution in [3.8, 4) is 11.5 Å². The predicted octanol–water partition coefficient (Wildman–Crippen LogP) is 9.25. The van der Waals surface area contributed by atoms with E-state index in [1.54, 1.807) is 69.1 Å². The van der Waals surface area contributed by atoms with Gasteiger partial charge in [0.15, 0.2) is 13.7 Å². The van der Waals surface area contributed by atoms with Crippen molar-refractivity contribution in [3.05, 3.63) is 189 Å². The summed E-state index contributed by atoms with van der Waals surface area (Å²) in [6.45, 7) is 3.61. The third-order valence-corrected chi connectivity index (χ3v) is 17.0. The first kappa shape index (κ1) is 47.7. The second kappa shape index (κ2) is 21.1. The van der Waals surface area contributed by atoms with Gasteiger partial charge in [0, 0.05) is 41.7 Å². The number of carbonyl (C=O) groups excluding carboxylic acids is 2. The van der Waals surface area contributed by atoms with Gasteiger partial charge >= 0.3 is 5.69 Å². The van der Waals surface area contributed by atoms with Crippen LogP contribution >= 0.6 is 31.5 Å². The van der Waals surface area contributed by atoms with Gasteiger partial charge in [-0.1, -0.05) is 108 Å². The molecule has 1 aromatic heterocycles. The number of nitrogens with zero attached hydrogens (tertiary/aromatic N) is 3. The quantitative estimate of drug-likeness (QED) is 0.0455. The number of rotatable bonds is 19. The molecule has 1 N–H and O–H groups in total. The molecule has 1 unspecified atom stereocenters. The van der Waals surface area contributed by atoms with Gasteiger partial charge in [-0.2, -0.15) is 4.98 Å². The second-order valence-corrected chi connectivity index (χ2v) is 20.9. The first-order chi connectivity index (χ1) is 33.1. The molecule has 6 aromatic rings. The number of amides is 1. The lowest BCUT2D eigenvalue weighted by molar-refractivity contribution is -0.203. The molecule has 352 valence electrons. The van der Waals surface area contributed by atoms with E-state index in [-0.39, 0.29) is 30.1 Å². The van der Waals surface area contributed by atoms with Crippen LogP contribution in [-0.4, -0.2) is 89.3 Å². The van der Waals surface area contributed by atoms with Crippen LogP contribution < -0.4 is 20.5 Å². The molecule has 0 radical (unpaired) electrons. The standard InChI is InChI=1S/C52H53N4O9PS2/c1-35-32-56(50(59)54-46(35)53-47(57)37-15-6-4-7-16-37)48-44-45(65-66(55-29-12-13-30-55)68-31-28-36-14-10-11-19-43(36)49(58)67)51(64-48,33-62-44)34-63-52(38-17-8-5-9-18-38,39-20-24-41(60-2)25-21-39)40-22-26-42(61-3)27-23-40/h4-11,14-27,32,44-45,48H,12-13,28-31,33-34H2,1-3H3,(H,58,67)(H,53,54,57,59)/t44-,45+,48-,51-,66?/m1/s1. The Morgan fingerprint density at radius 2 is 1.46 bits per heavy atom. The van der Waals surface area contributed by atoms with Crippen molar-refractivity contribution in [1.29, 1.82) is 0 Å². The Balaban J connectivity index is 1.10. The lowest BCUT2D eigenvalue weighted by Crippen LogP contribution is -2.49. The van der Waals surface area contributed by atoms with Crippen molar-refractivity contribution in [2.75, 3.05) is 51.6 Å². The van der Waals surface area contributed by atoms with E-state index in [1.165, 1.54) is 4.57 Å². The van der Waals surface area contributed by atoms with E-state index in [0.29, 0.717) is 40.4 Å². The molecule has 0 aliphatic carbocycles. The van der Waals surface area contributed by atoms with Gasteiger partial charge in [-0.05, 0) is 84.8 Å². The monoisotopic (exact) mass is 972 g/mol. The maximum absolute atomic E-state index is 14.2. The summed E-state index contributed by atoms with van der Waals surface area (Å²) in [4.78, 5) is 44.2. The fourth-order valence-corrected chi connectivity index (χ4v) is 13.5. The van der Waals surface area contributed by atoms with Gasteiger partial charge in [-0.25, -0.2) is 4.79 Å². The van der Waals surface area contributed by atoms with E-state index < -0.39 is 42.8 Å². The van der Waals surface area contributed by atoms with Crippen LogP contribution in [0.15, 0.2) is 144 Å². The predicted molar refractivity (Wildman–Crippen MR) is 267 cm³/mol. The molecule has 68 heavy (non-hydrogen) atoms. The van der Waals surface area contributed by atoms with Crippen LogP contribution in [-0.2, 0) is 30.8 Å². The minimum absolute atomic E-state index is 0.0186. The molecule has 5 atom stereocenters. The van der Waals surface area contributed by atoms with Crippen molar-refractivity contribution in [1.82, 2.24) is 14.2 Å². The number of methoxy groups -OCH3 is 2.